The second-order valence-corrected chi connectivity index (χ2v) is 6.84. The van der Waals surface area contributed by atoms with Crippen molar-refractivity contribution >= 4 is 17.2 Å². The molecule has 0 radical (unpaired) electrons. The average Bonchev–Trinajstić information content (AvgIpc) is 3.13. The average molecular weight is 285 g/mol. The zero-order valence-electron chi connectivity index (χ0n) is 11.7. The van der Waals surface area contributed by atoms with Gasteiger partial charge in [-0.2, -0.15) is 11.3 Å². The van der Waals surface area contributed by atoms with Gasteiger partial charge < -0.3 is 9.80 Å². The number of thiophene rings is 1. The summed E-state index contributed by atoms with van der Waals surface area (Å²) < 4.78 is 0. The lowest BCUT2D eigenvalue weighted by Crippen LogP contribution is -2.27. The number of anilines is 1. The molecule has 3 nitrogen and oxygen atoms in total. The minimum atomic E-state index is 0.832. The summed E-state index contributed by atoms with van der Waals surface area (Å²) in [6.45, 7) is 4.82. The Labute approximate surface area is 123 Å². The van der Waals surface area contributed by atoms with Gasteiger partial charge in [-0.05, 0) is 53.4 Å². The SMILES string of the molecule is CN1CC2CN(c3ccc(-c4ccsc4)cn3)CC2C1. The molecule has 2 atom stereocenters. The minimum Gasteiger partial charge on any atom is -0.356 e. The second kappa shape index (κ2) is 4.86. The summed E-state index contributed by atoms with van der Waals surface area (Å²) in [7, 11) is 2.23. The summed E-state index contributed by atoms with van der Waals surface area (Å²) in [6.07, 6.45) is 2.01. The van der Waals surface area contributed by atoms with Crippen LogP contribution in [0.25, 0.3) is 11.1 Å². The number of aromatic nitrogens is 1. The first-order valence-electron chi connectivity index (χ1n) is 7.22. The van der Waals surface area contributed by atoms with Crippen LogP contribution in [0.4, 0.5) is 5.82 Å². The van der Waals surface area contributed by atoms with Crippen molar-refractivity contribution in [1.29, 1.82) is 0 Å². The van der Waals surface area contributed by atoms with Crippen LogP contribution in [0, 0.1) is 11.8 Å². The lowest BCUT2D eigenvalue weighted by molar-refractivity contribution is 0.387. The molecular weight excluding hydrogens is 266 g/mol. The smallest absolute Gasteiger partial charge is 0.128 e. The van der Waals surface area contributed by atoms with Crippen molar-refractivity contribution in [3.63, 3.8) is 0 Å². The normalized spacial score (nSPS) is 26.1. The molecule has 2 fully saturated rings. The standard InChI is InChI=1S/C16H19N3S/c1-18-7-14-9-19(10-15(14)8-18)16-3-2-12(6-17-16)13-4-5-20-11-13/h2-6,11,14-15H,7-10H2,1H3. The number of hydrogen-bond donors (Lipinski definition) is 0. The molecule has 0 amide bonds. The first kappa shape index (κ1) is 12.4. The Morgan fingerprint density at radius 1 is 1.05 bits per heavy atom. The summed E-state index contributed by atoms with van der Waals surface area (Å²) >= 11 is 1.73. The van der Waals surface area contributed by atoms with E-state index in [0.29, 0.717) is 0 Å². The summed E-state index contributed by atoms with van der Waals surface area (Å²) in [5.74, 6) is 2.80. The van der Waals surface area contributed by atoms with Crippen molar-refractivity contribution in [3.8, 4) is 11.1 Å². The minimum absolute atomic E-state index is 0.832. The molecule has 4 rings (SSSR count). The number of pyridine rings is 1. The van der Waals surface area contributed by atoms with Gasteiger partial charge in [0.25, 0.3) is 0 Å². The molecule has 0 N–H and O–H groups in total. The van der Waals surface area contributed by atoms with E-state index in [-0.39, 0.29) is 0 Å². The summed E-state index contributed by atoms with van der Waals surface area (Å²) in [5, 5.41) is 4.29. The first-order chi connectivity index (χ1) is 9.79. The molecule has 2 aliphatic heterocycles. The van der Waals surface area contributed by atoms with Gasteiger partial charge in [0.05, 0.1) is 0 Å². The molecule has 0 spiro atoms. The highest BCUT2D eigenvalue weighted by molar-refractivity contribution is 7.08. The molecule has 2 saturated heterocycles. The van der Waals surface area contributed by atoms with Gasteiger partial charge >= 0.3 is 0 Å². The molecule has 2 aromatic heterocycles. The third-order valence-electron chi connectivity index (χ3n) is 4.60. The highest BCUT2D eigenvalue weighted by Crippen LogP contribution is 2.33. The van der Waals surface area contributed by atoms with Crippen LogP contribution in [0.1, 0.15) is 0 Å². The van der Waals surface area contributed by atoms with Crippen molar-refractivity contribution in [3.05, 3.63) is 35.2 Å². The van der Waals surface area contributed by atoms with Gasteiger partial charge in [0.2, 0.25) is 0 Å². The van der Waals surface area contributed by atoms with Crippen molar-refractivity contribution in [2.45, 2.75) is 0 Å². The third kappa shape index (κ3) is 2.13. The maximum Gasteiger partial charge on any atom is 0.128 e. The van der Waals surface area contributed by atoms with Crippen LogP contribution < -0.4 is 4.90 Å². The number of hydrogen-bond acceptors (Lipinski definition) is 4. The van der Waals surface area contributed by atoms with Gasteiger partial charge in [0, 0.05) is 37.9 Å². The molecule has 0 aliphatic carbocycles. The highest BCUT2D eigenvalue weighted by atomic mass is 32.1. The summed E-state index contributed by atoms with van der Waals surface area (Å²) in [4.78, 5) is 9.60. The zero-order chi connectivity index (χ0) is 13.5. The van der Waals surface area contributed by atoms with Crippen LogP contribution in [0.5, 0.6) is 0 Å². The van der Waals surface area contributed by atoms with E-state index >= 15 is 0 Å². The number of rotatable bonds is 2. The maximum absolute atomic E-state index is 4.68. The largest absolute Gasteiger partial charge is 0.356 e. The Kier molecular flexibility index (Phi) is 3.00. The van der Waals surface area contributed by atoms with E-state index in [1.807, 2.05) is 6.20 Å². The molecular formula is C16H19N3S. The topological polar surface area (TPSA) is 19.4 Å². The van der Waals surface area contributed by atoms with Crippen LogP contribution in [0.2, 0.25) is 0 Å². The van der Waals surface area contributed by atoms with E-state index in [9.17, 15) is 0 Å². The second-order valence-electron chi connectivity index (χ2n) is 6.06. The van der Waals surface area contributed by atoms with E-state index in [0.717, 1.165) is 17.7 Å². The van der Waals surface area contributed by atoms with E-state index in [1.165, 1.54) is 37.3 Å². The third-order valence-corrected chi connectivity index (χ3v) is 5.28. The quantitative estimate of drug-likeness (QED) is 0.846. The molecule has 104 valence electrons. The number of nitrogens with zero attached hydrogens (tertiary/aromatic N) is 3. The van der Waals surface area contributed by atoms with E-state index < -0.39 is 0 Å². The molecule has 0 saturated carbocycles. The molecule has 20 heavy (non-hydrogen) atoms. The van der Waals surface area contributed by atoms with Crippen LogP contribution in [-0.2, 0) is 0 Å². The summed E-state index contributed by atoms with van der Waals surface area (Å²) in [6, 6.07) is 6.53. The van der Waals surface area contributed by atoms with Crippen LogP contribution >= 0.6 is 11.3 Å². The van der Waals surface area contributed by atoms with Gasteiger partial charge in [-0.3, -0.25) is 0 Å². The van der Waals surface area contributed by atoms with Gasteiger partial charge in [-0.15, -0.1) is 0 Å². The molecule has 4 heterocycles. The van der Waals surface area contributed by atoms with E-state index in [4.69, 9.17) is 0 Å². The Balaban J connectivity index is 1.50. The van der Waals surface area contributed by atoms with Gasteiger partial charge in [0.15, 0.2) is 0 Å². The first-order valence-corrected chi connectivity index (χ1v) is 8.16. The Morgan fingerprint density at radius 2 is 1.85 bits per heavy atom. The van der Waals surface area contributed by atoms with Crippen molar-refractivity contribution in [2.75, 3.05) is 38.1 Å². The van der Waals surface area contributed by atoms with Crippen LogP contribution in [0.3, 0.4) is 0 Å². The molecule has 0 aromatic carbocycles. The van der Waals surface area contributed by atoms with Crippen molar-refractivity contribution in [1.82, 2.24) is 9.88 Å². The Bertz CT molecular complexity index is 564. The fourth-order valence-corrected chi connectivity index (χ4v) is 4.25. The van der Waals surface area contributed by atoms with E-state index in [1.54, 1.807) is 11.3 Å². The van der Waals surface area contributed by atoms with Crippen LogP contribution in [0.15, 0.2) is 35.2 Å². The predicted octanol–water partition coefficient (Wildman–Crippen LogP) is 2.81. The number of likely N-dealkylation sites (tertiary alicyclic amines) is 1. The monoisotopic (exact) mass is 285 g/mol. The molecule has 0 bridgehead atoms. The van der Waals surface area contributed by atoms with Crippen molar-refractivity contribution < 1.29 is 0 Å². The predicted molar refractivity (Wildman–Crippen MR) is 84.2 cm³/mol. The van der Waals surface area contributed by atoms with E-state index in [2.05, 4.69) is 50.8 Å². The Morgan fingerprint density at radius 3 is 2.45 bits per heavy atom. The van der Waals surface area contributed by atoms with Crippen molar-refractivity contribution in [2.24, 2.45) is 11.8 Å². The van der Waals surface area contributed by atoms with Gasteiger partial charge in [-0.1, -0.05) is 0 Å². The lowest BCUT2D eigenvalue weighted by atomic mass is 10.0. The van der Waals surface area contributed by atoms with Gasteiger partial charge in [0.1, 0.15) is 5.82 Å². The fraction of sp³-hybridized carbons (Fsp3) is 0.438. The highest BCUT2D eigenvalue weighted by Gasteiger charge is 2.38. The zero-order valence-corrected chi connectivity index (χ0v) is 12.5. The lowest BCUT2D eigenvalue weighted by Gasteiger charge is -2.20. The molecule has 2 aliphatic rings. The van der Waals surface area contributed by atoms with Crippen LogP contribution in [-0.4, -0.2) is 43.1 Å². The molecule has 4 heteroatoms. The fourth-order valence-electron chi connectivity index (χ4n) is 3.59. The molecule has 2 aromatic rings. The summed E-state index contributed by atoms with van der Waals surface area (Å²) in [5.41, 5.74) is 2.49. The Hall–Kier alpha value is -1.39. The molecule has 2 unspecified atom stereocenters. The van der Waals surface area contributed by atoms with Gasteiger partial charge in [-0.25, -0.2) is 4.98 Å². The number of fused-ring (bicyclic) bond motifs is 1. The maximum atomic E-state index is 4.68.